The van der Waals surface area contributed by atoms with Gasteiger partial charge in [-0.15, -0.1) is 0 Å². The van der Waals surface area contributed by atoms with Crippen molar-refractivity contribution < 1.29 is 19.0 Å². The van der Waals surface area contributed by atoms with Crippen molar-refractivity contribution in [2.45, 2.75) is 33.3 Å². The highest BCUT2D eigenvalue weighted by Crippen LogP contribution is 2.27. The van der Waals surface area contributed by atoms with Gasteiger partial charge in [-0.1, -0.05) is 56.3 Å². The van der Waals surface area contributed by atoms with Crippen molar-refractivity contribution in [2.24, 2.45) is 0 Å². The lowest BCUT2D eigenvalue weighted by molar-refractivity contribution is -0.136. The van der Waals surface area contributed by atoms with E-state index in [4.69, 9.17) is 14.2 Å². The van der Waals surface area contributed by atoms with Crippen LogP contribution in [0.15, 0.2) is 72.8 Å². The molecule has 0 saturated carbocycles. The van der Waals surface area contributed by atoms with Crippen LogP contribution in [0.5, 0.6) is 17.2 Å². The number of hydrogen-bond donors (Lipinski definition) is 0. The van der Waals surface area contributed by atoms with E-state index in [0.717, 1.165) is 22.4 Å². The molecule has 4 heteroatoms. The van der Waals surface area contributed by atoms with Crippen LogP contribution >= 0.6 is 0 Å². The maximum absolute atomic E-state index is 12.2. The zero-order chi connectivity index (χ0) is 20.6. The van der Waals surface area contributed by atoms with Gasteiger partial charge >= 0.3 is 5.97 Å². The molecule has 0 atom stereocenters. The fourth-order valence-corrected chi connectivity index (χ4v) is 2.89. The predicted molar refractivity (Wildman–Crippen MR) is 114 cm³/mol. The Hall–Kier alpha value is -3.27. The van der Waals surface area contributed by atoms with Crippen LogP contribution in [-0.2, 0) is 11.4 Å². The first kappa shape index (κ1) is 20.5. The highest BCUT2D eigenvalue weighted by molar-refractivity contribution is 5.74. The van der Waals surface area contributed by atoms with Crippen molar-refractivity contribution in [3.05, 3.63) is 89.5 Å². The van der Waals surface area contributed by atoms with Gasteiger partial charge in [0.05, 0.1) is 0 Å². The topological polar surface area (TPSA) is 44.8 Å². The third-order valence-electron chi connectivity index (χ3n) is 4.44. The molecule has 0 aliphatic rings. The summed E-state index contributed by atoms with van der Waals surface area (Å²) >= 11 is 0. The van der Waals surface area contributed by atoms with E-state index in [1.165, 1.54) is 0 Å². The Labute approximate surface area is 172 Å². The second-order valence-corrected chi connectivity index (χ2v) is 7.20. The van der Waals surface area contributed by atoms with E-state index in [0.29, 0.717) is 24.0 Å². The minimum absolute atomic E-state index is 0.143. The van der Waals surface area contributed by atoms with Gasteiger partial charge in [0, 0.05) is 0 Å². The monoisotopic (exact) mass is 390 g/mol. The van der Waals surface area contributed by atoms with Crippen molar-refractivity contribution in [3.63, 3.8) is 0 Å². The summed E-state index contributed by atoms with van der Waals surface area (Å²) in [5.41, 5.74) is 3.25. The molecule has 29 heavy (non-hydrogen) atoms. The van der Waals surface area contributed by atoms with E-state index in [2.05, 4.69) is 13.8 Å². The summed E-state index contributed by atoms with van der Waals surface area (Å²) in [6.07, 6.45) is 0. The van der Waals surface area contributed by atoms with E-state index in [-0.39, 0.29) is 6.61 Å². The van der Waals surface area contributed by atoms with Gasteiger partial charge in [0.25, 0.3) is 0 Å². The summed E-state index contributed by atoms with van der Waals surface area (Å²) in [6, 6.07) is 23.0. The lowest BCUT2D eigenvalue weighted by atomic mass is 10.0. The van der Waals surface area contributed by atoms with E-state index >= 15 is 0 Å². The molecule has 0 spiro atoms. The Morgan fingerprint density at radius 1 is 0.862 bits per heavy atom. The van der Waals surface area contributed by atoms with Crippen LogP contribution in [0.1, 0.15) is 36.5 Å². The Morgan fingerprint density at radius 2 is 1.55 bits per heavy atom. The van der Waals surface area contributed by atoms with Crippen molar-refractivity contribution in [1.82, 2.24) is 0 Å². The van der Waals surface area contributed by atoms with Crippen LogP contribution in [0.25, 0.3) is 0 Å². The van der Waals surface area contributed by atoms with Gasteiger partial charge in [0.1, 0.15) is 23.9 Å². The number of carbonyl (C=O) groups excluding carboxylic acids is 1. The molecule has 0 unspecified atom stereocenters. The van der Waals surface area contributed by atoms with Crippen LogP contribution < -0.4 is 14.2 Å². The van der Waals surface area contributed by atoms with Crippen molar-refractivity contribution in [1.29, 1.82) is 0 Å². The van der Waals surface area contributed by atoms with Gasteiger partial charge in [-0.2, -0.15) is 0 Å². The number of carbonyl (C=O) groups is 1. The highest BCUT2D eigenvalue weighted by Gasteiger charge is 2.12. The summed E-state index contributed by atoms with van der Waals surface area (Å²) in [5, 5.41) is 0. The third-order valence-corrected chi connectivity index (χ3v) is 4.44. The van der Waals surface area contributed by atoms with Crippen LogP contribution in [0, 0.1) is 6.92 Å². The zero-order valence-corrected chi connectivity index (χ0v) is 17.1. The van der Waals surface area contributed by atoms with E-state index in [1.54, 1.807) is 24.3 Å². The summed E-state index contributed by atoms with van der Waals surface area (Å²) in [6.45, 7) is 6.53. The Balaban J connectivity index is 1.51. The Morgan fingerprint density at radius 3 is 2.24 bits per heavy atom. The van der Waals surface area contributed by atoms with E-state index < -0.39 is 5.97 Å². The molecule has 0 amide bonds. The normalized spacial score (nSPS) is 10.6. The molecule has 0 fully saturated rings. The minimum Gasteiger partial charge on any atom is -0.489 e. The molecule has 0 aliphatic carbocycles. The second kappa shape index (κ2) is 9.78. The minimum atomic E-state index is -0.445. The van der Waals surface area contributed by atoms with Crippen LogP contribution in [0.4, 0.5) is 0 Å². The van der Waals surface area contributed by atoms with Crippen LogP contribution in [0.2, 0.25) is 0 Å². The number of benzene rings is 3. The molecular weight excluding hydrogens is 364 g/mol. The summed E-state index contributed by atoms with van der Waals surface area (Å²) in [4.78, 5) is 12.2. The highest BCUT2D eigenvalue weighted by atomic mass is 16.6. The molecule has 3 aromatic carbocycles. The van der Waals surface area contributed by atoms with Gasteiger partial charge in [0.2, 0.25) is 0 Å². The van der Waals surface area contributed by atoms with Gasteiger partial charge in [-0.25, -0.2) is 4.79 Å². The van der Waals surface area contributed by atoms with Crippen LogP contribution in [-0.4, -0.2) is 12.6 Å². The molecule has 0 bridgehead atoms. The van der Waals surface area contributed by atoms with Gasteiger partial charge in [0.15, 0.2) is 6.61 Å². The molecule has 0 heterocycles. The molecule has 150 valence electrons. The van der Waals surface area contributed by atoms with Gasteiger partial charge < -0.3 is 14.2 Å². The van der Waals surface area contributed by atoms with E-state index in [1.807, 2.05) is 55.5 Å². The fraction of sp³-hybridized carbons (Fsp3) is 0.240. The predicted octanol–water partition coefficient (Wildman–Crippen LogP) is 5.68. The van der Waals surface area contributed by atoms with Crippen LogP contribution in [0.3, 0.4) is 0 Å². The summed E-state index contributed by atoms with van der Waals surface area (Å²) in [7, 11) is 0. The molecule has 3 aromatic rings. The lowest BCUT2D eigenvalue weighted by Crippen LogP contribution is -2.18. The first-order valence-corrected chi connectivity index (χ1v) is 9.72. The first-order chi connectivity index (χ1) is 14.0. The van der Waals surface area contributed by atoms with Gasteiger partial charge in [-0.05, 0) is 59.9 Å². The van der Waals surface area contributed by atoms with Crippen molar-refractivity contribution in [2.75, 3.05) is 6.61 Å². The van der Waals surface area contributed by atoms with Crippen molar-refractivity contribution in [3.8, 4) is 17.2 Å². The summed E-state index contributed by atoms with van der Waals surface area (Å²) < 4.78 is 16.8. The number of esters is 1. The molecule has 0 N–H and O–H groups in total. The summed E-state index contributed by atoms with van der Waals surface area (Å²) in [5.74, 6) is 1.76. The first-order valence-electron chi connectivity index (χ1n) is 9.72. The average Bonchev–Trinajstić information content (AvgIpc) is 2.72. The quantitative estimate of drug-likeness (QED) is 0.367. The molecule has 0 saturated heterocycles. The lowest BCUT2D eigenvalue weighted by Gasteiger charge is -2.14. The third kappa shape index (κ3) is 6.11. The second-order valence-electron chi connectivity index (χ2n) is 7.20. The Kier molecular flexibility index (Phi) is 6.90. The largest absolute Gasteiger partial charge is 0.489 e. The standard InChI is InChI=1S/C25H26O4/c1-18(2)23-14-9-19(3)15-24(23)28-17-25(26)29-22-12-10-21(11-13-22)27-16-20-7-5-4-6-8-20/h4-15,18H,16-17H2,1-3H3. The smallest absolute Gasteiger partial charge is 0.349 e. The molecule has 0 aliphatic heterocycles. The molecule has 4 nitrogen and oxygen atoms in total. The number of ether oxygens (including phenoxy) is 3. The van der Waals surface area contributed by atoms with Crippen molar-refractivity contribution >= 4 is 5.97 Å². The number of rotatable bonds is 8. The SMILES string of the molecule is Cc1ccc(C(C)C)c(OCC(=O)Oc2ccc(OCc3ccccc3)cc2)c1. The van der Waals surface area contributed by atoms with Gasteiger partial charge in [-0.3, -0.25) is 0 Å². The average molecular weight is 390 g/mol. The van der Waals surface area contributed by atoms with E-state index in [9.17, 15) is 4.79 Å². The maximum Gasteiger partial charge on any atom is 0.349 e. The fourth-order valence-electron chi connectivity index (χ4n) is 2.89. The molecule has 0 radical (unpaired) electrons. The Bertz CT molecular complexity index is 931. The maximum atomic E-state index is 12.2. The molecule has 3 rings (SSSR count). The number of hydrogen-bond acceptors (Lipinski definition) is 4. The molecular formula is C25H26O4. The zero-order valence-electron chi connectivity index (χ0n) is 17.1. The number of aryl methyl sites for hydroxylation is 1. The molecule has 0 aromatic heterocycles.